The lowest BCUT2D eigenvalue weighted by molar-refractivity contribution is 0.694. The fraction of sp³-hybridized carbons (Fsp3) is 0.750. The summed E-state index contributed by atoms with van der Waals surface area (Å²) in [6.07, 6.45) is 5.66. The second-order valence-electron chi connectivity index (χ2n) is 2.37. The predicted octanol–water partition coefficient (Wildman–Crippen LogP) is 1.81. The summed E-state index contributed by atoms with van der Waals surface area (Å²) in [6.45, 7) is 5.42. The highest BCUT2D eigenvalue weighted by molar-refractivity contribution is 4.86. The Labute approximate surface area is 58.2 Å². The minimum Gasteiger partial charge on any atom is -0.316 e. The van der Waals surface area contributed by atoms with Gasteiger partial charge in [-0.3, -0.25) is 0 Å². The van der Waals surface area contributed by atoms with Gasteiger partial charge in [0.25, 0.3) is 0 Å². The molecule has 0 spiro atoms. The Hall–Kier alpha value is -0.300. The molecule has 0 fully saturated rings. The molecule has 1 heteroatoms. The Morgan fingerprint density at radius 3 is 2.67 bits per heavy atom. The van der Waals surface area contributed by atoms with E-state index in [9.17, 15) is 0 Å². The van der Waals surface area contributed by atoms with Crippen LogP contribution in [-0.4, -0.2) is 13.6 Å². The Morgan fingerprint density at radius 2 is 2.22 bits per heavy atom. The van der Waals surface area contributed by atoms with Gasteiger partial charge in [-0.05, 0) is 13.0 Å². The fourth-order valence-corrected chi connectivity index (χ4v) is 0.554. The normalized spacial score (nSPS) is 14.6. The van der Waals surface area contributed by atoms with Crippen LogP contribution < -0.4 is 5.32 Å². The van der Waals surface area contributed by atoms with Crippen molar-refractivity contribution in [3.8, 4) is 0 Å². The zero-order valence-corrected chi connectivity index (χ0v) is 6.65. The van der Waals surface area contributed by atoms with Crippen LogP contribution in [0.4, 0.5) is 0 Å². The molecule has 0 amide bonds. The Bertz CT molecular complexity index is 76.6. The van der Waals surface area contributed by atoms with Gasteiger partial charge in [-0.1, -0.05) is 32.4 Å². The molecule has 1 unspecified atom stereocenters. The van der Waals surface area contributed by atoms with Crippen LogP contribution in [0.5, 0.6) is 0 Å². The van der Waals surface area contributed by atoms with Gasteiger partial charge in [0.2, 0.25) is 0 Å². The van der Waals surface area contributed by atoms with Crippen LogP contribution in [0.15, 0.2) is 12.2 Å². The Morgan fingerprint density at radius 1 is 1.56 bits per heavy atom. The summed E-state index contributed by atoms with van der Waals surface area (Å²) < 4.78 is 0. The molecule has 1 nitrogen and oxygen atoms in total. The van der Waals surface area contributed by atoms with E-state index in [0.717, 1.165) is 12.5 Å². The van der Waals surface area contributed by atoms with E-state index >= 15 is 0 Å². The number of likely N-dealkylation sites (N-methyl/N-ethyl adjacent to an activating group) is 1. The second-order valence-corrected chi connectivity index (χ2v) is 2.37. The Balaban J connectivity index is 3.20. The van der Waals surface area contributed by atoms with Crippen LogP contribution >= 0.6 is 0 Å². The van der Waals surface area contributed by atoms with Crippen molar-refractivity contribution in [3.05, 3.63) is 12.2 Å². The molecule has 1 atom stereocenters. The molecule has 0 aliphatic carbocycles. The van der Waals surface area contributed by atoms with E-state index in [-0.39, 0.29) is 0 Å². The first kappa shape index (κ1) is 8.70. The standard InChI is InChI=1S/C8H17N/c1-4-8(2)6-5-7-9-3/h5-6,8-9H,4,7H2,1-3H3/b6-5-. The highest BCUT2D eigenvalue weighted by atomic mass is 14.8. The summed E-state index contributed by atoms with van der Waals surface area (Å²) in [5, 5.41) is 3.06. The molecule has 0 radical (unpaired) electrons. The zero-order chi connectivity index (χ0) is 7.11. The number of nitrogens with one attached hydrogen (secondary N) is 1. The zero-order valence-electron chi connectivity index (χ0n) is 6.65. The van der Waals surface area contributed by atoms with Crippen molar-refractivity contribution in [2.24, 2.45) is 5.92 Å². The van der Waals surface area contributed by atoms with E-state index in [4.69, 9.17) is 0 Å². The van der Waals surface area contributed by atoms with Gasteiger partial charge in [0, 0.05) is 6.54 Å². The molecule has 0 aromatic carbocycles. The van der Waals surface area contributed by atoms with Crippen molar-refractivity contribution in [2.75, 3.05) is 13.6 Å². The van der Waals surface area contributed by atoms with Gasteiger partial charge in [0.15, 0.2) is 0 Å². The lowest BCUT2D eigenvalue weighted by Crippen LogP contribution is -2.04. The van der Waals surface area contributed by atoms with E-state index in [2.05, 4.69) is 31.3 Å². The largest absolute Gasteiger partial charge is 0.316 e. The summed E-state index contributed by atoms with van der Waals surface area (Å²) in [7, 11) is 1.96. The molecular formula is C8H17N. The average Bonchev–Trinajstić information content (AvgIpc) is 1.89. The fourth-order valence-electron chi connectivity index (χ4n) is 0.554. The van der Waals surface area contributed by atoms with Gasteiger partial charge >= 0.3 is 0 Å². The molecule has 0 aliphatic heterocycles. The first-order chi connectivity index (χ1) is 4.31. The molecule has 0 heterocycles. The van der Waals surface area contributed by atoms with Gasteiger partial charge in [-0.25, -0.2) is 0 Å². The summed E-state index contributed by atoms with van der Waals surface area (Å²) >= 11 is 0. The molecule has 0 saturated heterocycles. The molecule has 0 aromatic rings. The van der Waals surface area contributed by atoms with Gasteiger partial charge in [-0.15, -0.1) is 0 Å². The molecule has 0 aromatic heterocycles. The van der Waals surface area contributed by atoms with Crippen molar-refractivity contribution in [1.29, 1.82) is 0 Å². The second kappa shape index (κ2) is 5.83. The number of allylic oxidation sites excluding steroid dienone is 1. The van der Waals surface area contributed by atoms with E-state index in [1.165, 1.54) is 6.42 Å². The molecule has 54 valence electrons. The van der Waals surface area contributed by atoms with E-state index < -0.39 is 0 Å². The van der Waals surface area contributed by atoms with Crippen molar-refractivity contribution in [1.82, 2.24) is 5.32 Å². The van der Waals surface area contributed by atoms with Crippen molar-refractivity contribution >= 4 is 0 Å². The average molecular weight is 127 g/mol. The number of rotatable bonds is 4. The molecule has 0 rings (SSSR count). The lowest BCUT2D eigenvalue weighted by Gasteiger charge is -1.98. The van der Waals surface area contributed by atoms with Gasteiger partial charge < -0.3 is 5.32 Å². The Kier molecular flexibility index (Phi) is 5.64. The van der Waals surface area contributed by atoms with Crippen LogP contribution in [0.1, 0.15) is 20.3 Å². The molecule has 9 heavy (non-hydrogen) atoms. The molecule has 0 aliphatic rings. The monoisotopic (exact) mass is 127 g/mol. The number of hydrogen-bond acceptors (Lipinski definition) is 1. The first-order valence-electron chi connectivity index (χ1n) is 3.62. The smallest absolute Gasteiger partial charge is 0.0131 e. The highest BCUT2D eigenvalue weighted by Gasteiger charge is 1.87. The van der Waals surface area contributed by atoms with Crippen LogP contribution in [0.2, 0.25) is 0 Å². The minimum atomic E-state index is 0.735. The van der Waals surface area contributed by atoms with Gasteiger partial charge in [0.05, 0.1) is 0 Å². The molecule has 1 N–H and O–H groups in total. The van der Waals surface area contributed by atoms with E-state index in [1.54, 1.807) is 0 Å². The lowest BCUT2D eigenvalue weighted by atomic mass is 10.1. The van der Waals surface area contributed by atoms with Gasteiger partial charge in [0.1, 0.15) is 0 Å². The van der Waals surface area contributed by atoms with Crippen LogP contribution in [-0.2, 0) is 0 Å². The quantitative estimate of drug-likeness (QED) is 0.568. The van der Waals surface area contributed by atoms with Crippen molar-refractivity contribution < 1.29 is 0 Å². The van der Waals surface area contributed by atoms with E-state index in [1.807, 2.05) is 7.05 Å². The highest BCUT2D eigenvalue weighted by Crippen LogP contribution is 2.00. The molecule has 0 bridgehead atoms. The summed E-state index contributed by atoms with van der Waals surface area (Å²) in [5.74, 6) is 0.735. The SMILES string of the molecule is CCC(C)/C=C\CNC. The third-order valence-corrected chi connectivity index (χ3v) is 1.43. The molecular weight excluding hydrogens is 110 g/mol. The molecule has 0 saturated carbocycles. The van der Waals surface area contributed by atoms with Crippen LogP contribution in [0.3, 0.4) is 0 Å². The van der Waals surface area contributed by atoms with Gasteiger partial charge in [-0.2, -0.15) is 0 Å². The van der Waals surface area contributed by atoms with Crippen LogP contribution in [0.25, 0.3) is 0 Å². The maximum atomic E-state index is 3.06. The maximum Gasteiger partial charge on any atom is 0.0131 e. The van der Waals surface area contributed by atoms with Crippen molar-refractivity contribution in [3.63, 3.8) is 0 Å². The van der Waals surface area contributed by atoms with E-state index in [0.29, 0.717) is 0 Å². The summed E-state index contributed by atoms with van der Waals surface area (Å²) in [4.78, 5) is 0. The topological polar surface area (TPSA) is 12.0 Å². The number of hydrogen-bond donors (Lipinski definition) is 1. The predicted molar refractivity (Wildman–Crippen MR) is 42.5 cm³/mol. The summed E-state index contributed by atoms with van der Waals surface area (Å²) in [6, 6.07) is 0. The third kappa shape index (κ3) is 5.57. The van der Waals surface area contributed by atoms with Crippen LogP contribution in [0, 0.1) is 5.92 Å². The minimum absolute atomic E-state index is 0.735. The third-order valence-electron chi connectivity index (χ3n) is 1.43. The first-order valence-corrected chi connectivity index (χ1v) is 3.62. The maximum absolute atomic E-state index is 3.06. The van der Waals surface area contributed by atoms with Crippen molar-refractivity contribution in [2.45, 2.75) is 20.3 Å². The summed E-state index contributed by atoms with van der Waals surface area (Å²) in [5.41, 5.74) is 0.